The number of carbonyl (C=O) groups excluding carboxylic acids is 2. The first-order valence-electron chi connectivity index (χ1n) is 9.70. The van der Waals surface area contributed by atoms with Crippen molar-refractivity contribution in [2.24, 2.45) is 5.92 Å². The van der Waals surface area contributed by atoms with Crippen LogP contribution in [0.2, 0.25) is 0 Å². The standard InChI is InChI=1S/C24H28N2O4/c1-5-13-30-21-11-9-18(15-22(21)29-4)10-12-23(27)25-16-19-7-6-8-20(14-19)26-24(28)17(2)3/h5-12,14-15,17H,1,13,16H2,2-4H3,(H,25,27)(H,26,28)/b12-10+. The summed E-state index contributed by atoms with van der Waals surface area (Å²) < 4.78 is 10.8. The number of hydrogen-bond donors (Lipinski definition) is 2. The van der Waals surface area contributed by atoms with Gasteiger partial charge in [0.1, 0.15) is 6.61 Å². The van der Waals surface area contributed by atoms with Gasteiger partial charge in [-0.3, -0.25) is 9.59 Å². The van der Waals surface area contributed by atoms with Crippen LogP contribution < -0.4 is 20.1 Å². The van der Waals surface area contributed by atoms with E-state index >= 15 is 0 Å². The summed E-state index contributed by atoms with van der Waals surface area (Å²) in [5.41, 5.74) is 2.41. The van der Waals surface area contributed by atoms with Crippen molar-refractivity contribution in [1.82, 2.24) is 5.32 Å². The summed E-state index contributed by atoms with van der Waals surface area (Å²) in [7, 11) is 1.56. The van der Waals surface area contributed by atoms with E-state index in [1.807, 2.05) is 44.2 Å². The van der Waals surface area contributed by atoms with E-state index in [-0.39, 0.29) is 17.7 Å². The molecule has 30 heavy (non-hydrogen) atoms. The molecule has 0 aliphatic rings. The monoisotopic (exact) mass is 408 g/mol. The third kappa shape index (κ3) is 7.13. The van der Waals surface area contributed by atoms with Gasteiger partial charge in [0.15, 0.2) is 11.5 Å². The molecule has 0 aliphatic heterocycles. The van der Waals surface area contributed by atoms with E-state index in [1.54, 1.807) is 31.4 Å². The number of rotatable bonds is 10. The molecule has 0 fully saturated rings. The largest absolute Gasteiger partial charge is 0.493 e. The summed E-state index contributed by atoms with van der Waals surface area (Å²) in [5, 5.41) is 5.69. The third-order valence-electron chi connectivity index (χ3n) is 4.16. The van der Waals surface area contributed by atoms with Crippen molar-refractivity contribution in [3.63, 3.8) is 0 Å². The molecule has 0 unspecified atom stereocenters. The fraction of sp³-hybridized carbons (Fsp3) is 0.250. The summed E-state index contributed by atoms with van der Waals surface area (Å²) >= 11 is 0. The van der Waals surface area contributed by atoms with Gasteiger partial charge in [0.2, 0.25) is 11.8 Å². The van der Waals surface area contributed by atoms with Crippen LogP contribution in [0.25, 0.3) is 6.08 Å². The zero-order chi connectivity index (χ0) is 21.9. The van der Waals surface area contributed by atoms with Gasteiger partial charge in [-0.05, 0) is 41.5 Å². The predicted octanol–water partition coefficient (Wildman–Crippen LogP) is 4.18. The van der Waals surface area contributed by atoms with Crippen LogP contribution in [-0.4, -0.2) is 25.5 Å². The zero-order valence-corrected chi connectivity index (χ0v) is 17.6. The van der Waals surface area contributed by atoms with Crippen molar-refractivity contribution in [2.75, 3.05) is 19.0 Å². The number of amides is 2. The maximum absolute atomic E-state index is 12.2. The van der Waals surface area contributed by atoms with Crippen LogP contribution in [0.4, 0.5) is 5.69 Å². The second-order valence-corrected chi connectivity index (χ2v) is 6.91. The molecule has 2 aromatic rings. The van der Waals surface area contributed by atoms with Crippen LogP contribution in [0.5, 0.6) is 11.5 Å². The average molecular weight is 408 g/mol. The molecule has 0 saturated heterocycles. The first-order valence-corrected chi connectivity index (χ1v) is 9.70. The van der Waals surface area contributed by atoms with Gasteiger partial charge in [-0.15, -0.1) is 0 Å². The van der Waals surface area contributed by atoms with Crippen LogP contribution in [0.3, 0.4) is 0 Å². The molecule has 2 amide bonds. The normalized spacial score (nSPS) is 10.7. The quantitative estimate of drug-likeness (QED) is 0.457. The molecule has 0 spiro atoms. The number of carbonyl (C=O) groups is 2. The Morgan fingerprint density at radius 3 is 2.63 bits per heavy atom. The molecule has 0 bridgehead atoms. The third-order valence-corrected chi connectivity index (χ3v) is 4.16. The van der Waals surface area contributed by atoms with Gasteiger partial charge >= 0.3 is 0 Å². The number of anilines is 1. The topological polar surface area (TPSA) is 76.7 Å². The molecular formula is C24H28N2O4. The van der Waals surface area contributed by atoms with Gasteiger partial charge in [-0.25, -0.2) is 0 Å². The van der Waals surface area contributed by atoms with Crippen LogP contribution in [0.15, 0.2) is 61.2 Å². The van der Waals surface area contributed by atoms with Crippen molar-refractivity contribution in [2.45, 2.75) is 20.4 Å². The predicted molar refractivity (Wildman–Crippen MR) is 119 cm³/mol. The Kier molecular flexibility index (Phi) is 8.69. The van der Waals surface area contributed by atoms with Gasteiger partial charge in [-0.2, -0.15) is 0 Å². The number of ether oxygens (including phenoxy) is 2. The van der Waals surface area contributed by atoms with E-state index in [4.69, 9.17) is 9.47 Å². The van der Waals surface area contributed by atoms with Gasteiger partial charge in [0.25, 0.3) is 0 Å². The van der Waals surface area contributed by atoms with Crippen LogP contribution in [0.1, 0.15) is 25.0 Å². The lowest BCUT2D eigenvalue weighted by molar-refractivity contribution is -0.119. The molecule has 0 heterocycles. The first-order chi connectivity index (χ1) is 14.4. The fourth-order valence-electron chi connectivity index (χ4n) is 2.52. The molecule has 2 rings (SSSR count). The van der Waals surface area contributed by atoms with E-state index in [1.165, 1.54) is 6.08 Å². The molecule has 2 aromatic carbocycles. The van der Waals surface area contributed by atoms with Crippen molar-refractivity contribution in [1.29, 1.82) is 0 Å². The highest BCUT2D eigenvalue weighted by atomic mass is 16.5. The lowest BCUT2D eigenvalue weighted by atomic mass is 10.1. The fourth-order valence-corrected chi connectivity index (χ4v) is 2.52. The Labute approximate surface area is 177 Å². The molecule has 6 nitrogen and oxygen atoms in total. The number of benzene rings is 2. The molecule has 0 aromatic heterocycles. The van der Waals surface area contributed by atoms with Gasteiger partial charge in [-0.1, -0.05) is 44.7 Å². The molecule has 0 radical (unpaired) electrons. The minimum Gasteiger partial charge on any atom is -0.493 e. The van der Waals surface area contributed by atoms with E-state index in [0.717, 1.165) is 11.1 Å². The highest BCUT2D eigenvalue weighted by Crippen LogP contribution is 2.28. The van der Waals surface area contributed by atoms with Crippen molar-refractivity contribution in [3.05, 3.63) is 72.3 Å². The van der Waals surface area contributed by atoms with Gasteiger partial charge in [0.05, 0.1) is 7.11 Å². The molecule has 6 heteroatoms. The molecule has 2 N–H and O–H groups in total. The Bertz CT molecular complexity index is 919. The van der Waals surface area contributed by atoms with Crippen molar-refractivity contribution in [3.8, 4) is 11.5 Å². The number of hydrogen-bond acceptors (Lipinski definition) is 4. The Morgan fingerprint density at radius 2 is 1.93 bits per heavy atom. The van der Waals surface area contributed by atoms with Crippen molar-refractivity contribution < 1.29 is 19.1 Å². The molecule has 0 aliphatic carbocycles. The van der Waals surface area contributed by atoms with Gasteiger partial charge < -0.3 is 20.1 Å². The number of nitrogens with one attached hydrogen (secondary N) is 2. The molecule has 0 saturated carbocycles. The van der Waals surface area contributed by atoms with Crippen molar-refractivity contribution >= 4 is 23.6 Å². The smallest absolute Gasteiger partial charge is 0.244 e. The second-order valence-electron chi connectivity index (χ2n) is 6.91. The highest BCUT2D eigenvalue weighted by molar-refractivity contribution is 5.92. The minimum atomic E-state index is -0.224. The lowest BCUT2D eigenvalue weighted by Crippen LogP contribution is -2.21. The van der Waals surface area contributed by atoms with Crippen LogP contribution >= 0.6 is 0 Å². The van der Waals surface area contributed by atoms with E-state index in [2.05, 4.69) is 17.2 Å². The highest BCUT2D eigenvalue weighted by Gasteiger charge is 2.08. The summed E-state index contributed by atoms with van der Waals surface area (Å²) in [6.07, 6.45) is 4.82. The zero-order valence-electron chi connectivity index (χ0n) is 17.6. The Hall–Kier alpha value is -3.54. The maximum atomic E-state index is 12.2. The minimum absolute atomic E-state index is 0.0459. The summed E-state index contributed by atoms with van der Waals surface area (Å²) in [6.45, 7) is 8.03. The molecule has 158 valence electrons. The van der Waals surface area contributed by atoms with E-state index in [0.29, 0.717) is 30.3 Å². The van der Waals surface area contributed by atoms with E-state index < -0.39 is 0 Å². The summed E-state index contributed by atoms with van der Waals surface area (Å²) in [6, 6.07) is 12.8. The molecule has 0 atom stereocenters. The lowest BCUT2D eigenvalue weighted by Gasteiger charge is -2.10. The summed E-state index contributed by atoms with van der Waals surface area (Å²) in [4.78, 5) is 24.0. The van der Waals surface area contributed by atoms with Gasteiger partial charge in [0, 0.05) is 24.2 Å². The molecular weight excluding hydrogens is 380 g/mol. The maximum Gasteiger partial charge on any atom is 0.244 e. The Balaban J connectivity index is 1.94. The second kappa shape index (κ2) is 11.5. The average Bonchev–Trinajstić information content (AvgIpc) is 2.75. The Morgan fingerprint density at radius 1 is 1.13 bits per heavy atom. The van der Waals surface area contributed by atoms with E-state index in [9.17, 15) is 9.59 Å². The first kappa shape index (κ1) is 22.7. The SMILES string of the molecule is C=CCOc1ccc(/C=C/C(=O)NCc2cccc(NC(=O)C(C)C)c2)cc1OC. The van der Waals surface area contributed by atoms with Crippen LogP contribution in [-0.2, 0) is 16.1 Å². The number of methoxy groups -OCH3 is 1. The summed E-state index contributed by atoms with van der Waals surface area (Å²) in [5.74, 6) is 0.830. The van der Waals surface area contributed by atoms with Crippen LogP contribution in [0, 0.1) is 5.92 Å².